The number of ketones is 1. The van der Waals surface area contributed by atoms with Crippen LogP contribution in [0.4, 0.5) is 0 Å². The number of hydrogen-bond donors (Lipinski definition) is 2. The molecule has 0 saturated carbocycles. The molecular formula is C26H28N2O4. The number of likely N-dealkylation sites (tertiary alicyclic amines) is 1. The number of methoxy groups -OCH3 is 1. The third-order valence-corrected chi connectivity index (χ3v) is 6.01. The molecule has 1 aliphatic heterocycles. The van der Waals surface area contributed by atoms with Gasteiger partial charge in [-0.2, -0.15) is 0 Å². The van der Waals surface area contributed by atoms with Crippen LogP contribution < -0.4 is 0 Å². The largest absolute Gasteiger partial charge is 0.507 e. The molecule has 1 fully saturated rings. The molecule has 1 atom stereocenters. The minimum Gasteiger partial charge on any atom is -0.507 e. The van der Waals surface area contributed by atoms with Gasteiger partial charge in [0.2, 0.25) is 0 Å². The molecule has 4 rings (SSSR count). The predicted molar refractivity (Wildman–Crippen MR) is 124 cm³/mol. The molecule has 1 amide bonds. The molecule has 32 heavy (non-hydrogen) atoms. The van der Waals surface area contributed by atoms with Crippen LogP contribution in [0.25, 0.3) is 16.7 Å². The first-order valence-corrected chi connectivity index (χ1v) is 10.7. The maximum atomic E-state index is 13.1. The van der Waals surface area contributed by atoms with Gasteiger partial charge in [-0.15, -0.1) is 0 Å². The van der Waals surface area contributed by atoms with E-state index in [1.54, 1.807) is 13.3 Å². The Morgan fingerprint density at radius 2 is 1.78 bits per heavy atom. The van der Waals surface area contributed by atoms with Crippen LogP contribution in [0.15, 0.2) is 60.3 Å². The van der Waals surface area contributed by atoms with E-state index in [1.165, 1.54) is 4.90 Å². The number of fused-ring (bicyclic) bond motifs is 1. The molecule has 0 radical (unpaired) electrons. The Kier molecular flexibility index (Phi) is 5.65. The Bertz CT molecular complexity index is 1200. The van der Waals surface area contributed by atoms with Crippen molar-refractivity contribution in [3.63, 3.8) is 0 Å². The summed E-state index contributed by atoms with van der Waals surface area (Å²) in [7, 11) is 1.55. The maximum Gasteiger partial charge on any atom is 0.295 e. The van der Waals surface area contributed by atoms with Gasteiger partial charge in [0, 0.05) is 36.3 Å². The van der Waals surface area contributed by atoms with Gasteiger partial charge in [-0.05, 0) is 22.6 Å². The van der Waals surface area contributed by atoms with E-state index in [0.29, 0.717) is 5.56 Å². The summed E-state index contributed by atoms with van der Waals surface area (Å²) >= 11 is 0. The van der Waals surface area contributed by atoms with Gasteiger partial charge in [0.25, 0.3) is 11.7 Å². The van der Waals surface area contributed by atoms with E-state index in [0.717, 1.165) is 22.0 Å². The number of hydrogen-bond acceptors (Lipinski definition) is 4. The van der Waals surface area contributed by atoms with Gasteiger partial charge in [0.1, 0.15) is 5.76 Å². The van der Waals surface area contributed by atoms with Gasteiger partial charge in [0.05, 0.1) is 18.2 Å². The second kappa shape index (κ2) is 8.28. The fourth-order valence-electron chi connectivity index (χ4n) is 4.22. The average molecular weight is 433 g/mol. The zero-order valence-corrected chi connectivity index (χ0v) is 18.8. The molecule has 1 aromatic heterocycles. The fraction of sp³-hybridized carbons (Fsp3) is 0.308. The summed E-state index contributed by atoms with van der Waals surface area (Å²) in [6.07, 6.45) is 1.67. The van der Waals surface area contributed by atoms with E-state index in [1.807, 2.05) is 48.5 Å². The third kappa shape index (κ3) is 3.71. The molecule has 0 aliphatic carbocycles. The van der Waals surface area contributed by atoms with Crippen molar-refractivity contribution in [3.05, 3.63) is 77.0 Å². The molecule has 6 heteroatoms. The quantitative estimate of drug-likeness (QED) is 0.352. The minimum atomic E-state index is -0.687. The first-order chi connectivity index (χ1) is 15.2. The number of para-hydroxylation sites is 1. The Morgan fingerprint density at radius 3 is 2.44 bits per heavy atom. The first-order valence-electron chi connectivity index (χ1n) is 10.7. The zero-order valence-electron chi connectivity index (χ0n) is 18.8. The number of rotatable bonds is 5. The van der Waals surface area contributed by atoms with Gasteiger partial charge in [-0.25, -0.2) is 0 Å². The summed E-state index contributed by atoms with van der Waals surface area (Å²) < 4.78 is 5.17. The highest BCUT2D eigenvalue weighted by Crippen LogP contribution is 2.40. The van der Waals surface area contributed by atoms with Crippen LogP contribution in [0, 0.1) is 0 Å². The van der Waals surface area contributed by atoms with Crippen molar-refractivity contribution in [1.82, 2.24) is 9.88 Å². The summed E-state index contributed by atoms with van der Waals surface area (Å²) in [4.78, 5) is 30.6. The molecule has 0 spiro atoms. The van der Waals surface area contributed by atoms with Crippen molar-refractivity contribution in [2.75, 3.05) is 20.3 Å². The second-order valence-electron chi connectivity index (χ2n) is 9.11. The Hall–Kier alpha value is -3.38. The SMILES string of the molecule is COCCN1C(=O)C(=O)/C(=C(\O)c2c[nH]c3ccccc23)C1c1ccc(C(C)(C)C)cc1. The zero-order chi connectivity index (χ0) is 23.0. The number of aromatic amines is 1. The van der Waals surface area contributed by atoms with Crippen molar-refractivity contribution in [2.45, 2.75) is 32.2 Å². The van der Waals surface area contributed by atoms with Crippen molar-refractivity contribution < 1.29 is 19.4 Å². The van der Waals surface area contributed by atoms with Gasteiger partial charge in [0.15, 0.2) is 0 Å². The van der Waals surface area contributed by atoms with Crippen LogP contribution in [-0.4, -0.2) is 46.9 Å². The Labute approximate surface area is 187 Å². The average Bonchev–Trinajstić information content (AvgIpc) is 3.31. The highest BCUT2D eigenvalue weighted by Gasteiger charge is 2.46. The number of aliphatic hydroxyl groups is 1. The first kappa shape index (κ1) is 21.8. The summed E-state index contributed by atoms with van der Waals surface area (Å²) in [5.41, 5.74) is 3.33. The van der Waals surface area contributed by atoms with Gasteiger partial charge >= 0.3 is 0 Å². The smallest absolute Gasteiger partial charge is 0.295 e. The van der Waals surface area contributed by atoms with Crippen LogP contribution >= 0.6 is 0 Å². The van der Waals surface area contributed by atoms with E-state index in [4.69, 9.17) is 4.74 Å². The Balaban J connectivity index is 1.87. The third-order valence-electron chi connectivity index (χ3n) is 6.01. The van der Waals surface area contributed by atoms with Crippen LogP contribution in [-0.2, 0) is 19.7 Å². The summed E-state index contributed by atoms with van der Waals surface area (Å²) in [5, 5.41) is 12.1. The molecular weight excluding hydrogens is 404 g/mol. The lowest BCUT2D eigenvalue weighted by molar-refractivity contribution is -0.140. The van der Waals surface area contributed by atoms with Crippen molar-refractivity contribution in [2.24, 2.45) is 0 Å². The topological polar surface area (TPSA) is 82.6 Å². The summed E-state index contributed by atoms with van der Waals surface area (Å²) in [6.45, 7) is 6.92. The molecule has 1 saturated heterocycles. The normalized spacial score (nSPS) is 18.6. The molecule has 2 aromatic carbocycles. The fourth-order valence-corrected chi connectivity index (χ4v) is 4.22. The number of Topliss-reactive ketones (excluding diaryl/α,β-unsaturated/α-hetero) is 1. The maximum absolute atomic E-state index is 13.1. The van der Waals surface area contributed by atoms with Crippen LogP contribution in [0.1, 0.15) is 43.5 Å². The number of benzene rings is 2. The van der Waals surface area contributed by atoms with E-state index >= 15 is 0 Å². The Morgan fingerprint density at radius 1 is 1.09 bits per heavy atom. The monoisotopic (exact) mass is 432 g/mol. The highest BCUT2D eigenvalue weighted by molar-refractivity contribution is 6.46. The number of amides is 1. The number of aliphatic hydroxyl groups excluding tert-OH is 1. The van der Waals surface area contributed by atoms with E-state index < -0.39 is 17.7 Å². The second-order valence-corrected chi connectivity index (χ2v) is 9.11. The van der Waals surface area contributed by atoms with Crippen molar-refractivity contribution in [3.8, 4) is 0 Å². The van der Waals surface area contributed by atoms with Gasteiger partial charge in [-0.1, -0.05) is 63.2 Å². The lowest BCUT2D eigenvalue weighted by atomic mass is 9.85. The number of carbonyl (C=O) groups excluding carboxylic acids is 2. The molecule has 6 nitrogen and oxygen atoms in total. The van der Waals surface area contributed by atoms with Crippen molar-refractivity contribution >= 4 is 28.4 Å². The molecule has 3 aromatic rings. The van der Waals surface area contributed by atoms with E-state index in [9.17, 15) is 14.7 Å². The van der Waals surface area contributed by atoms with E-state index in [2.05, 4.69) is 25.8 Å². The number of ether oxygens (including phenoxy) is 1. The lowest BCUT2D eigenvalue weighted by Gasteiger charge is -2.26. The van der Waals surface area contributed by atoms with Crippen LogP contribution in [0.3, 0.4) is 0 Å². The molecule has 1 aliphatic rings. The molecule has 2 heterocycles. The number of carbonyl (C=O) groups is 2. The van der Waals surface area contributed by atoms with Crippen LogP contribution in [0.2, 0.25) is 0 Å². The summed E-state index contributed by atoms with van der Waals surface area (Å²) in [6, 6.07) is 14.7. The lowest BCUT2D eigenvalue weighted by Crippen LogP contribution is -2.32. The predicted octanol–water partition coefficient (Wildman–Crippen LogP) is 4.53. The number of H-pyrrole nitrogens is 1. The van der Waals surface area contributed by atoms with Crippen molar-refractivity contribution in [1.29, 1.82) is 0 Å². The number of aromatic nitrogens is 1. The standard InChI is InChI=1S/C26H28N2O4/c1-26(2,3)17-11-9-16(10-12-17)22-21(24(30)25(31)28(22)13-14-32-4)23(29)19-15-27-20-8-6-5-7-18(19)20/h5-12,15,22,27,29H,13-14H2,1-4H3/b23-21-. The van der Waals surface area contributed by atoms with Gasteiger partial charge < -0.3 is 19.7 Å². The number of nitrogens with one attached hydrogen (secondary N) is 1. The van der Waals surface area contributed by atoms with Crippen LogP contribution in [0.5, 0.6) is 0 Å². The van der Waals surface area contributed by atoms with Gasteiger partial charge in [-0.3, -0.25) is 9.59 Å². The number of nitrogens with zero attached hydrogens (tertiary/aromatic N) is 1. The summed E-state index contributed by atoms with van der Waals surface area (Å²) in [5.74, 6) is -1.49. The van der Waals surface area contributed by atoms with E-state index in [-0.39, 0.29) is 29.9 Å². The highest BCUT2D eigenvalue weighted by atomic mass is 16.5. The molecule has 166 valence electrons. The molecule has 0 bridgehead atoms. The molecule has 2 N–H and O–H groups in total. The minimum absolute atomic E-state index is 0.0274. The molecule has 1 unspecified atom stereocenters.